The van der Waals surface area contributed by atoms with E-state index >= 15 is 0 Å². The summed E-state index contributed by atoms with van der Waals surface area (Å²) >= 11 is 1.81. The maximum absolute atomic E-state index is 5.46. The van der Waals surface area contributed by atoms with Crippen LogP contribution in [0, 0.1) is 5.92 Å². The van der Waals surface area contributed by atoms with E-state index < -0.39 is 0 Å². The first-order valence-electron chi connectivity index (χ1n) is 9.56. The van der Waals surface area contributed by atoms with Crippen LogP contribution in [0.2, 0.25) is 0 Å². The number of hydrogen-bond acceptors (Lipinski definition) is 7. The SMILES string of the molecule is c1nc(C2NNC3CCC(c4ccsc4)CC32)cc(N2CCOCC2)n1. The summed E-state index contributed by atoms with van der Waals surface area (Å²) in [5.41, 5.74) is 9.67. The molecule has 3 aliphatic rings. The van der Waals surface area contributed by atoms with Gasteiger partial charge in [-0.15, -0.1) is 0 Å². The van der Waals surface area contributed by atoms with Crippen LogP contribution in [-0.4, -0.2) is 42.3 Å². The minimum Gasteiger partial charge on any atom is -0.378 e. The lowest BCUT2D eigenvalue weighted by atomic mass is 9.73. The summed E-state index contributed by atoms with van der Waals surface area (Å²) in [5, 5.41) is 4.51. The Kier molecular flexibility index (Phi) is 4.62. The second-order valence-electron chi connectivity index (χ2n) is 7.50. The fourth-order valence-electron chi connectivity index (χ4n) is 4.66. The Balaban J connectivity index is 1.36. The van der Waals surface area contributed by atoms with Gasteiger partial charge in [-0.3, -0.25) is 5.43 Å². The molecule has 0 radical (unpaired) electrons. The van der Waals surface area contributed by atoms with Crippen LogP contribution < -0.4 is 15.8 Å². The number of anilines is 1. The van der Waals surface area contributed by atoms with E-state index in [9.17, 15) is 0 Å². The fourth-order valence-corrected chi connectivity index (χ4v) is 5.40. The highest BCUT2D eigenvalue weighted by Crippen LogP contribution is 2.44. The number of rotatable bonds is 3. The average Bonchev–Trinajstić information content (AvgIpc) is 3.38. The molecule has 6 nitrogen and oxygen atoms in total. The second-order valence-corrected chi connectivity index (χ2v) is 8.28. The van der Waals surface area contributed by atoms with Gasteiger partial charge in [-0.1, -0.05) is 0 Å². The standard InChI is InChI=1S/C19H25N5OS/c1-2-16-15(9-13(1)14-3-8-26-11-14)19(23-22-16)17-10-18(21-12-20-17)24-4-6-25-7-5-24/h3,8,10-13,15-16,19,22-23H,1-2,4-7,9H2. The molecule has 5 rings (SSSR count). The van der Waals surface area contributed by atoms with Gasteiger partial charge in [0.05, 0.1) is 24.9 Å². The summed E-state index contributed by atoms with van der Waals surface area (Å²) in [7, 11) is 0. The maximum Gasteiger partial charge on any atom is 0.132 e. The van der Waals surface area contributed by atoms with E-state index in [-0.39, 0.29) is 6.04 Å². The molecule has 0 spiro atoms. The van der Waals surface area contributed by atoms with Gasteiger partial charge < -0.3 is 9.64 Å². The quantitative estimate of drug-likeness (QED) is 0.864. The van der Waals surface area contributed by atoms with Gasteiger partial charge in [0, 0.05) is 25.2 Å². The minimum atomic E-state index is 0.254. The summed E-state index contributed by atoms with van der Waals surface area (Å²) in [6.45, 7) is 3.35. The number of ether oxygens (including phenoxy) is 1. The zero-order valence-corrected chi connectivity index (χ0v) is 15.6. The Morgan fingerprint density at radius 3 is 2.92 bits per heavy atom. The van der Waals surface area contributed by atoms with Crippen molar-refractivity contribution in [2.24, 2.45) is 5.92 Å². The molecule has 7 heteroatoms. The molecule has 0 aromatic carbocycles. The summed E-state index contributed by atoms with van der Waals surface area (Å²) < 4.78 is 5.46. The summed E-state index contributed by atoms with van der Waals surface area (Å²) in [5.74, 6) is 2.27. The molecule has 4 unspecified atom stereocenters. The van der Waals surface area contributed by atoms with Crippen molar-refractivity contribution in [3.05, 3.63) is 40.5 Å². The van der Waals surface area contributed by atoms with Crippen molar-refractivity contribution in [3.8, 4) is 0 Å². The van der Waals surface area contributed by atoms with E-state index in [0.717, 1.165) is 37.8 Å². The molecule has 4 heterocycles. The third-order valence-electron chi connectivity index (χ3n) is 6.09. The van der Waals surface area contributed by atoms with Gasteiger partial charge in [0.2, 0.25) is 0 Å². The second kappa shape index (κ2) is 7.23. The van der Waals surface area contributed by atoms with Crippen LogP contribution >= 0.6 is 11.3 Å². The fraction of sp³-hybridized carbons (Fsp3) is 0.579. The third-order valence-corrected chi connectivity index (χ3v) is 6.80. The van der Waals surface area contributed by atoms with Crippen molar-refractivity contribution in [3.63, 3.8) is 0 Å². The molecule has 4 atom stereocenters. The van der Waals surface area contributed by atoms with Crippen LogP contribution in [0.15, 0.2) is 29.2 Å². The van der Waals surface area contributed by atoms with Crippen LogP contribution in [0.3, 0.4) is 0 Å². The molecule has 0 bridgehead atoms. The van der Waals surface area contributed by atoms with Crippen molar-refractivity contribution >= 4 is 17.2 Å². The van der Waals surface area contributed by atoms with Gasteiger partial charge in [0.15, 0.2) is 0 Å². The smallest absolute Gasteiger partial charge is 0.132 e. The average molecular weight is 372 g/mol. The number of hydrazine groups is 1. The van der Waals surface area contributed by atoms with Gasteiger partial charge in [0.1, 0.15) is 12.1 Å². The van der Waals surface area contributed by atoms with E-state index in [4.69, 9.17) is 4.74 Å². The Bertz CT molecular complexity index is 733. The monoisotopic (exact) mass is 371 g/mol. The molecular formula is C19H25N5OS. The predicted octanol–water partition coefficient (Wildman–Crippen LogP) is 2.48. The molecule has 2 aliphatic heterocycles. The summed E-state index contributed by atoms with van der Waals surface area (Å²) in [6, 6.07) is 5.25. The number of morpholine rings is 1. The number of fused-ring (bicyclic) bond motifs is 1. The summed E-state index contributed by atoms with van der Waals surface area (Å²) in [4.78, 5) is 11.4. The highest BCUT2D eigenvalue weighted by Gasteiger charge is 2.42. The third kappa shape index (κ3) is 3.13. The molecule has 138 valence electrons. The van der Waals surface area contributed by atoms with Crippen LogP contribution in [0.4, 0.5) is 5.82 Å². The van der Waals surface area contributed by atoms with Crippen molar-refractivity contribution in [1.29, 1.82) is 0 Å². The zero-order chi connectivity index (χ0) is 17.3. The van der Waals surface area contributed by atoms with E-state index in [2.05, 4.69) is 48.6 Å². The number of nitrogens with zero attached hydrogens (tertiary/aromatic N) is 3. The highest BCUT2D eigenvalue weighted by molar-refractivity contribution is 7.07. The minimum absolute atomic E-state index is 0.254. The van der Waals surface area contributed by atoms with E-state index in [1.807, 2.05) is 0 Å². The largest absolute Gasteiger partial charge is 0.378 e. The molecule has 1 saturated carbocycles. The highest BCUT2D eigenvalue weighted by atomic mass is 32.1. The van der Waals surface area contributed by atoms with Crippen LogP contribution in [0.25, 0.3) is 0 Å². The van der Waals surface area contributed by atoms with Gasteiger partial charge in [-0.05, 0) is 53.5 Å². The maximum atomic E-state index is 5.46. The molecule has 26 heavy (non-hydrogen) atoms. The lowest BCUT2D eigenvalue weighted by Gasteiger charge is -2.33. The topological polar surface area (TPSA) is 62.3 Å². The number of thiophene rings is 1. The van der Waals surface area contributed by atoms with Crippen molar-refractivity contribution in [2.75, 3.05) is 31.2 Å². The van der Waals surface area contributed by atoms with Crippen LogP contribution in [0.1, 0.15) is 42.5 Å². The van der Waals surface area contributed by atoms with Crippen LogP contribution in [-0.2, 0) is 4.74 Å². The Hall–Kier alpha value is -1.54. The van der Waals surface area contributed by atoms with E-state index in [1.165, 1.54) is 24.8 Å². The van der Waals surface area contributed by atoms with Gasteiger partial charge in [-0.2, -0.15) is 11.3 Å². The Morgan fingerprint density at radius 2 is 2.08 bits per heavy atom. The van der Waals surface area contributed by atoms with Gasteiger partial charge >= 0.3 is 0 Å². The zero-order valence-electron chi connectivity index (χ0n) is 14.8. The Morgan fingerprint density at radius 1 is 1.15 bits per heavy atom. The first-order valence-corrected chi connectivity index (χ1v) is 10.5. The first kappa shape index (κ1) is 16.6. The normalized spacial score (nSPS) is 31.8. The van der Waals surface area contributed by atoms with Gasteiger partial charge in [-0.25, -0.2) is 15.4 Å². The molecule has 1 aliphatic carbocycles. The van der Waals surface area contributed by atoms with Crippen molar-refractivity contribution in [2.45, 2.75) is 37.3 Å². The molecule has 2 aromatic rings. The molecule has 2 aromatic heterocycles. The number of aromatic nitrogens is 2. The number of nitrogens with one attached hydrogen (secondary N) is 2. The number of hydrogen-bond donors (Lipinski definition) is 2. The van der Waals surface area contributed by atoms with Crippen molar-refractivity contribution < 1.29 is 4.74 Å². The van der Waals surface area contributed by atoms with E-state index in [1.54, 1.807) is 17.7 Å². The van der Waals surface area contributed by atoms with Crippen molar-refractivity contribution in [1.82, 2.24) is 20.8 Å². The van der Waals surface area contributed by atoms with Gasteiger partial charge in [0.25, 0.3) is 0 Å². The lowest BCUT2D eigenvalue weighted by Crippen LogP contribution is -2.37. The lowest BCUT2D eigenvalue weighted by molar-refractivity contribution is 0.122. The molecule has 2 N–H and O–H groups in total. The molecule has 0 amide bonds. The summed E-state index contributed by atoms with van der Waals surface area (Å²) in [6.07, 6.45) is 5.41. The molecule has 3 fully saturated rings. The Labute approximate surface area is 158 Å². The van der Waals surface area contributed by atoms with E-state index in [0.29, 0.717) is 17.9 Å². The predicted molar refractivity (Wildman–Crippen MR) is 102 cm³/mol. The van der Waals surface area contributed by atoms with Crippen LogP contribution in [0.5, 0.6) is 0 Å². The molecular weight excluding hydrogens is 346 g/mol. The first-order chi connectivity index (χ1) is 12.9. The molecule has 2 saturated heterocycles.